The maximum absolute atomic E-state index is 5.35. The molecule has 0 aromatic rings. The van der Waals surface area contributed by atoms with Crippen molar-refractivity contribution in [1.82, 2.24) is 5.32 Å². The van der Waals surface area contributed by atoms with Gasteiger partial charge in [0.05, 0.1) is 5.60 Å². The number of rotatable bonds is 5. The molecule has 0 aromatic carbocycles. The molecule has 0 aliphatic heterocycles. The lowest BCUT2D eigenvalue weighted by atomic mass is 9.99. The summed E-state index contributed by atoms with van der Waals surface area (Å²) in [4.78, 5) is 0. The first-order chi connectivity index (χ1) is 5.37. The third kappa shape index (κ3) is 5.56. The Bertz CT molecular complexity index is 121. The number of nitrogens with one attached hydrogen (secondary N) is 1. The van der Waals surface area contributed by atoms with Gasteiger partial charge in [-0.2, -0.15) is 0 Å². The molecule has 74 valence electrons. The van der Waals surface area contributed by atoms with Gasteiger partial charge in [-0.1, -0.05) is 13.8 Å². The molecule has 2 heteroatoms. The smallest absolute Gasteiger partial charge is 0.0637 e. The Hall–Kier alpha value is -0.0800. The fraction of sp³-hybridized carbons (Fsp3) is 1.00. The lowest BCUT2D eigenvalue weighted by molar-refractivity contribution is 0.00802. The van der Waals surface area contributed by atoms with Crippen molar-refractivity contribution in [1.29, 1.82) is 0 Å². The monoisotopic (exact) mass is 173 g/mol. The maximum Gasteiger partial charge on any atom is 0.0637 e. The van der Waals surface area contributed by atoms with Crippen molar-refractivity contribution < 1.29 is 4.74 Å². The molecule has 0 rings (SSSR count). The van der Waals surface area contributed by atoms with Crippen LogP contribution in [0.3, 0.4) is 0 Å². The molecule has 0 bridgehead atoms. The first-order valence-electron chi connectivity index (χ1n) is 4.68. The van der Waals surface area contributed by atoms with E-state index in [2.05, 4.69) is 39.9 Å². The van der Waals surface area contributed by atoms with E-state index < -0.39 is 0 Å². The number of hydrogen-bond acceptors (Lipinski definition) is 2. The molecule has 0 heterocycles. The quantitative estimate of drug-likeness (QED) is 0.688. The minimum atomic E-state index is -0.0126. The van der Waals surface area contributed by atoms with E-state index in [0.29, 0.717) is 12.1 Å². The Balaban J connectivity index is 3.75. The maximum atomic E-state index is 5.35. The average molecular weight is 173 g/mol. The topological polar surface area (TPSA) is 21.3 Å². The minimum absolute atomic E-state index is 0.0126. The minimum Gasteiger partial charge on any atom is -0.379 e. The fourth-order valence-corrected chi connectivity index (χ4v) is 1.45. The van der Waals surface area contributed by atoms with Crippen LogP contribution in [0.15, 0.2) is 0 Å². The van der Waals surface area contributed by atoms with Gasteiger partial charge in [0.15, 0.2) is 0 Å². The fourth-order valence-electron chi connectivity index (χ4n) is 1.45. The van der Waals surface area contributed by atoms with Crippen LogP contribution in [0.4, 0.5) is 0 Å². The molecule has 0 saturated carbocycles. The summed E-state index contributed by atoms with van der Waals surface area (Å²) in [6, 6.07) is 1.06. The third-order valence-electron chi connectivity index (χ3n) is 1.97. The zero-order valence-corrected chi connectivity index (χ0v) is 9.27. The molecule has 0 fully saturated rings. The summed E-state index contributed by atoms with van der Waals surface area (Å²) in [5, 5.41) is 3.45. The second-order valence-electron chi connectivity index (χ2n) is 4.39. The number of methoxy groups -OCH3 is 1. The Morgan fingerprint density at radius 2 is 1.75 bits per heavy atom. The van der Waals surface area contributed by atoms with Gasteiger partial charge in [-0.15, -0.1) is 0 Å². The van der Waals surface area contributed by atoms with E-state index in [9.17, 15) is 0 Å². The van der Waals surface area contributed by atoms with Crippen molar-refractivity contribution in [3.8, 4) is 0 Å². The van der Waals surface area contributed by atoms with Crippen molar-refractivity contribution in [2.75, 3.05) is 7.11 Å². The molecule has 12 heavy (non-hydrogen) atoms. The molecule has 2 nitrogen and oxygen atoms in total. The molecular weight excluding hydrogens is 150 g/mol. The highest BCUT2D eigenvalue weighted by Gasteiger charge is 2.19. The summed E-state index contributed by atoms with van der Waals surface area (Å²) < 4.78 is 5.35. The van der Waals surface area contributed by atoms with Crippen molar-refractivity contribution in [2.24, 2.45) is 0 Å². The summed E-state index contributed by atoms with van der Waals surface area (Å²) in [5.41, 5.74) is -0.0126. The molecule has 0 spiro atoms. The molecule has 0 saturated heterocycles. The van der Waals surface area contributed by atoms with Gasteiger partial charge in [0, 0.05) is 19.2 Å². The predicted octanol–water partition coefficient (Wildman–Crippen LogP) is 2.19. The van der Waals surface area contributed by atoms with Gasteiger partial charge < -0.3 is 10.1 Å². The molecule has 0 radical (unpaired) electrons. The molecule has 0 aliphatic rings. The summed E-state index contributed by atoms with van der Waals surface area (Å²) in [7, 11) is 1.77. The van der Waals surface area contributed by atoms with Crippen molar-refractivity contribution >= 4 is 0 Å². The van der Waals surface area contributed by atoms with Gasteiger partial charge in [0.2, 0.25) is 0 Å². The first-order valence-corrected chi connectivity index (χ1v) is 4.68. The molecule has 1 atom stereocenters. The number of ether oxygens (including phenoxy) is 1. The Morgan fingerprint density at radius 3 is 2.08 bits per heavy atom. The van der Waals surface area contributed by atoms with Crippen LogP contribution < -0.4 is 5.32 Å². The van der Waals surface area contributed by atoms with E-state index in [1.54, 1.807) is 7.11 Å². The van der Waals surface area contributed by atoms with Gasteiger partial charge in [-0.05, 0) is 27.2 Å². The zero-order chi connectivity index (χ0) is 9.78. The highest BCUT2D eigenvalue weighted by molar-refractivity contribution is 4.76. The Kier molecular flexibility index (Phi) is 4.80. The van der Waals surface area contributed by atoms with Crippen LogP contribution in [0.1, 0.15) is 41.0 Å². The lowest BCUT2D eigenvalue weighted by Gasteiger charge is -2.28. The normalized spacial score (nSPS) is 15.2. The van der Waals surface area contributed by atoms with Crippen LogP contribution in [0.25, 0.3) is 0 Å². The summed E-state index contributed by atoms with van der Waals surface area (Å²) in [5.74, 6) is 0. The standard InChI is InChI=1S/C10H23NO/c1-8(2)11-9(3)7-10(4,5)12-6/h8-9,11H,7H2,1-6H3/t9-/m0/s1. The highest BCUT2D eigenvalue weighted by Crippen LogP contribution is 2.15. The zero-order valence-electron chi connectivity index (χ0n) is 9.27. The second kappa shape index (κ2) is 4.83. The van der Waals surface area contributed by atoms with E-state index in [1.807, 2.05) is 0 Å². The van der Waals surface area contributed by atoms with Gasteiger partial charge in [-0.25, -0.2) is 0 Å². The van der Waals surface area contributed by atoms with Crippen LogP contribution >= 0.6 is 0 Å². The van der Waals surface area contributed by atoms with Crippen LogP contribution in [0, 0.1) is 0 Å². The molecule has 0 unspecified atom stereocenters. The van der Waals surface area contributed by atoms with E-state index in [1.165, 1.54) is 0 Å². The summed E-state index contributed by atoms with van der Waals surface area (Å²) in [6.07, 6.45) is 1.04. The Morgan fingerprint density at radius 1 is 1.25 bits per heavy atom. The SMILES string of the molecule is COC(C)(C)C[C@H](C)NC(C)C. The second-order valence-corrected chi connectivity index (χ2v) is 4.39. The molecule has 0 aliphatic carbocycles. The Labute approximate surface area is 76.7 Å². The van der Waals surface area contributed by atoms with Gasteiger partial charge in [0.25, 0.3) is 0 Å². The van der Waals surface area contributed by atoms with E-state index in [0.717, 1.165) is 6.42 Å². The van der Waals surface area contributed by atoms with Gasteiger partial charge >= 0.3 is 0 Å². The molecule has 0 amide bonds. The predicted molar refractivity (Wildman–Crippen MR) is 53.4 cm³/mol. The number of hydrogen-bond donors (Lipinski definition) is 1. The average Bonchev–Trinajstić information content (AvgIpc) is 1.84. The van der Waals surface area contributed by atoms with Crippen LogP contribution in [0.2, 0.25) is 0 Å². The van der Waals surface area contributed by atoms with Crippen molar-refractivity contribution in [3.05, 3.63) is 0 Å². The molecule has 0 aromatic heterocycles. The van der Waals surface area contributed by atoms with Crippen molar-refractivity contribution in [3.63, 3.8) is 0 Å². The molecule has 1 N–H and O–H groups in total. The largest absolute Gasteiger partial charge is 0.379 e. The highest BCUT2D eigenvalue weighted by atomic mass is 16.5. The lowest BCUT2D eigenvalue weighted by Crippen LogP contribution is -2.38. The molecular formula is C10H23NO. The van der Waals surface area contributed by atoms with Gasteiger partial charge in [-0.3, -0.25) is 0 Å². The van der Waals surface area contributed by atoms with E-state index >= 15 is 0 Å². The summed E-state index contributed by atoms with van der Waals surface area (Å²) >= 11 is 0. The van der Waals surface area contributed by atoms with Crippen molar-refractivity contribution in [2.45, 2.75) is 58.7 Å². The van der Waals surface area contributed by atoms with E-state index in [-0.39, 0.29) is 5.60 Å². The third-order valence-corrected chi connectivity index (χ3v) is 1.97. The van der Waals surface area contributed by atoms with E-state index in [4.69, 9.17) is 4.74 Å². The van der Waals surface area contributed by atoms with Crippen LogP contribution in [-0.4, -0.2) is 24.8 Å². The summed E-state index contributed by atoms with van der Waals surface area (Å²) in [6.45, 7) is 10.8. The van der Waals surface area contributed by atoms with Crippen LogP contribution in [0.5, 0.6) is 0 Å². The van der Waals surface area contributed by atoms with Gasteiger partial charge in [0.1, 0.15) is 0 Å². The van der Waals surface area contributed by atoms with Crippen LogP contribution in [-0.2, 0) is 4.74 Å². The first kappa shape index (κ1) is 11.9.